The molecule has 5 heteroatoms. The number of ether oxygens (including phenoxy) is 1. The van der Waals surface area contributed by atoms with Gasteiger partial charge in [-0.25, -0.2) is 9.97 Å². The summed E-state index contributed by atoms with van der Waals surface area (Å²) in [5.41, 5.74) is 1.77. The van der Waals surface area contributed by atoms with E-state index in [2.05, 4.69) is 9.97 Å². The van der Waals surface area contributed by atoms with Crippen LogP contribution in [-0.2, 0) is 0 Å². The summed E-state index contributed by atoms with van der Waals surface area (Å²) in [6, 6.07) is 15.4. The Morgan fingerprint density at radius 1 is 1.13 bits per heavy atom. The highest BCUT2D eigenvalue weighted by Gasteiger charge is 2.12. The van der Waals surface area contributed by atoms with E-state index < -0.39 is 6.10 Å². The fourth-order valence-electron chi connectivity index (χ4n) is 2.37. The summed E-state index contributed by atoms with van der Waals surface area (Å²) in [5.74, 6) is 2.00. The van der Waals surface area contributed by atoms with Crippen LogP contribution in [0.2, 0.25) is 0 Å². The minimum absolute atomic E-state index is 0.521. The summed E-state index contributed by atoms with van der Waals surface area (Å²) in [4.78, 5) is 8.96. The van der Waals surface area contributed by atoms with Crippen LogP contribution in [0.1, 0.15) is 17.5 Å². The normalized spacial score (nSPS) is 12.3. The molecular formula is C18H18N2O2S. The number of aliphatic hydroxyl groups excluding tert-OH is 1. The molecule has 1 atom stereocenters. The third-order valence-corrected chi connectivity index (χ3v) is 4.60. The molecule has 1 aromatic heterocycles. The highest BCUT2D eigenvalue weighted by Crippen LogP contribution is 2.29. The number of aromatic nitrogens is 2. The Labute approximate surface area is 139 Å². The third-order valence-electron chi connectivity index (χ3n) is 3.54. The Morgan fingerprint density at radius 3 is 2.78 bits per heavy atom. The molecule has 23 heavy (non-hydrogen) atoms. The second-order valence-corrected chi connectivity index (χ2v) is 6.21. The van der Waals surface area contributed by atoms with E-state index >= 15 is 0 Å². The molecule has 0 radical (unpaired) electrons. The lowest BCUT2D eigenvalue weighted by Crippen LogP contribution is -2.02. The monoisotopic (exact) mass is 326 g/mol. The average Bonchev–Trinajstić information content (AvgIpc) is 2.59. The molecule has 0 bridgehead atoms. The van der Waals surface area contributed by atoms with Gasteiger partial charge in [0.2, 0.25) is 0 Å². The zero-order valence-electron chi connectivity index (χ0n) is 13.1. The van der Waals surface area contributed by atoms with Gasteiger partial charge in [0.25, 0.3) is 0 Å². The number of rotatable bonds is 5. The largest absolute Gasteiger partial charge is 0.497 e. The molecule has 0 spiro atoms. The zero-order valence-corrected chi connectivity index (χ0v) is 13.9. The molecule has 0 amide bonds. The van der Waals surface area contributed by atoms with Crippen LogP contribution >= 0.6 is 11.8 Å². The van der Waals surface area contributed by atoms with E-state index in [0.29, 0.717) is 5.75 Å². The Morgan fingerprint density at radius 2 is 1.96 bits per heavy atom. The second kappa shape index (κ2) is 6.98. The van der Waals surface area contributed by atoms with Crippen LogP contribution in [0.3, 0.4) is 0 Å². The molecule has 3 rings (SSSR count). The van der Waals surface area contributed by atoms with E-state index in [9.17, 15) is 5.11 Å². The molecule has 0 fully saturated rings. The summed E-state index contributed by atoms with van der Waals surface area (Å²) in [7, 11) is 1.62. The summed E-state index contributed by atoms with van der Waals surface area (Å²) >= 11 is 1.54. The number of nitrogens with zero attached hydrogens (tertiary/aromatic N) is 2. The van der Waals surface area contributed by atoms with Crippen LogP contribution in [0, 0.1) is 6.92 Å². The van der Waals surface area contributed by atoms with Gasteiger partial charge in [-0.2, -0.15) is 0 Å². The maximum absolute atomic E-state index is 10.4. The number of benzene rings is 2. The first kappa shape index (κ1) is 15.8. The van der Waals surface area contributed by atoms with Gasteiger partial charge in [0.15, 0.2) is 0 Å². The smallest absolute Gasteiger partial charge is 0.127 e. The zero-order chi connectivity index (χ0) is 16.2. The molecule has 0 saturated heterocycles. The molecule has 1 unspecified atom stereocenters. The summed E-state index contributed by atoms with van der Waals surface area (Å²) < 4.78 is 5.20. The van der Waals surface area contributed by atoms with Crippen LogP contribution in [0.5, 0.6) is 5.75 Å². The molecular weight excluding hydrogens is 308 g/mol. The van der Waals surface area contributed by atoms with Crippen molar-refractivity contribution in [2.45, 2.75) is 18.1 Å². The van der Waals surface area contributed by atoms with Crippen molar-refractivity contribution in [1.82, 2.24) is 9.97 Å². The second-order valence-electron chi connectivity index (χ2n) is 5.20. The van der Waals surface area contributed by atoms with Gasteiger partial charge in [-0.05, 0) is 30.7 Å². The number of hydrogen-bond acceptors (Lipinski definition) is 5. The molecule has 1 N–H and O–H groups in total. The van der Waals surface area contributed by atoms with Gasteiger partial charge >= 0.3 is 0 Å². The maximum Gasteiger partial charge on any atom is 0.127 e. The van der Waals surface area contributed by atoms with Gasteiger partial charge < -0.3 is 9.84 Å². The minimum Gasteiger partial charge on any atom is -0.497 e. The van der Waals surface area contributed by atoms with Crippen molar-refractivity contribution in [3.8, 4) is 5.75 Å². The Bertz CT molecular complexity index is 823. The Hall–Kier alpha value is -2.11. The maximum atomic E-state index is 10.4. The van der Waals surface area contributed by atoms with Crippen molar-refractivity contribution in [2.75, 3.05) is 12.9 Å². The summed E-state index contributed by atoms with van der Waals surface area (Å²) in [5, 5.41) is 12.3. The van der Waals surface area contributed by atoms with Gasteiger partial charge in [0, 0.05) is 11.1 Å². The summed E-state index contributed by atoms with van der Waals surface area (Å²) in [6.45, 7) is 1.88. The third kappa shape index (κ3) is 3.63. The van der Waals surface area contributed by atoms with Crippen LogP contribution in [-0.4, -0.2) is 27.9 Å². The fourth-order valence-corrected chi connectivity index (χ4v) is 3.40. The number of fused-ring (bicyclic) bond motifs is 1. The fraction of sp³-hybridized carbons (Fsp3) is 0.222. The molecule has 118 valence electrons. The van der Waals surface area contributed by atoms with Crippen LogP contribution < -0.4 is 4.74 Å². The number of para-hydroxylation sites is 1. The standard InChI is InChI=1S/C18H18N2O2S/c1-12-19-16-9-4-3-8-15(16)18(20-12)23-11-17(21)13-6-5-7-14(10-13)22-2/h3-10,17,21H,11H2,1-2H3. The quantitative estimate of drug-likeness (QED) is 0.571. The first-order valence-electron chi connectivity index (χ1n) is 7.35. The molecule has 0 aliphatic carbocycles. The van der Waals surface area contributed by atoms with Gasteiger partial charge in [0.1, 0.15) is 16.6 Å². The Kier molecular flexibility index (Phi) is 4.79. The van der Waals surface area contributed by atoms with Gasteiger partial charge in [-0.3, -0.25) is 0 Å². The highest BCUT2D eigenvalue weighted by atomic mass is 32.2. The van der Waals surface area contributed by atoms with Crippen LogP contribution in [0.25, 0.3) is 10.9 Å². The SMILES string of the molecule is COc1cccc(C(O)CSc2nc(C)nc3ccccc23)c1. The van der Waals surface area contributed by atoms with Crippen molar-refractivity contribution in [1.29, 1.82) is 0 Å². The van der Waals surface area contributed by atoms with E-state index in [-0.39, 0.29) is 0 Å². The van der Waals surface area contributed by atoms with E-state index in [0.717, 1.165) is 33.1 Å². The molecule has 3 aromatic rings. The predicted octanol–water partition coefficient (Wildman–Crippen LogP) is 3.77. The lowest BCUT2D eigenvalue weighted by atomic mass is 10.1. The van der Waals surface area contributed by atoms with E-state index in [1.54, 1.807) is 7.11 Å². The van der Waals surface area contributed by atoms with E-state index in [4.69, 9.17) is 4.74 Å². The Balaban J connectivity index is 1.80. The molecule has 2 aromatic carbocycles. The first-order chi connectivity index (χ1) is 11.2. The summed E-state index contributed by atoms with van der Waals surface area (Å²) in [6.07, 6.45) is -0.580. The molecule has 4 nitrogen and oxygen atoms in total. The topological polar surface area (TPSA) is 55.2 Å². The van der Waals surface area contributed by atoms with Crippen molar-refractivity contribution in [3.05, 3.63) is 59.9 Å². The average molecular weight is 326 g/mol. The number of hydrogen-bond donors (Lipinski definition) is 1. The van der Waals surface area contributed by atoms with Crippen LogP contribution in [0.15, 0.2) is 53.6 Å². The van der Waals surface area contributed by atoms with Crippen molar-refractivity contribution in [3.63, 3.8) is 0 Å². The lowest BCUT2D eigenvalue weighted by molar-refractivity contribution is 0.203. The molecule has 0 aliphatic rings. The number of thioether (sulfide) groups is 1. The number of aliphatic hydroxyl groups is 1. The van der Waals surface area contributed by atoms with E-state index in [1.165, 1.54) is 11.8 Å². The van der Waals surface area contributed by atoms with Gasteiger partial charge in [0.05, 0.1) is 18.7 Å². The first-order valence-corrected chi connectivity index (χ1v) is 8.34. The molecule has 0 saturated carbocycles. The van der Waals surface area contributed by atoms with Crippen molar-refractivity contribution in [2.24, 2.45) is 0 Å². The molecule has 0 aliphatic heterocycles. The van der Waals surface area contributed by atoms with Crippen molar-refractivity contribution < 1.29 is 9.84 Å². The minimum atomic E-state index is -0.580. The number of aryl methyl sites for hydroxylation is 1. The van der Waals surface area contributed by atoms with E-state index in [1.807, 2.05) is 55.5 Å². The molecule has 1 heterocycles. The van der Waals surface area contributed by atoms with Crippen LogP contribution in [0.4, 0.5) is 0 Å². The highest BCUT2D eigenvalue weighted by molar-refractivity contribution is 7.99. The number of methoxy groups -OCH3 is 1. The van der Waals surface area contributed by atoms with Crippen molar-refractivity contribution >= 4 is 22.7 Å². The van der Waals surface area contributed by atoms with Gasteiger partial charge in [-0.15, -0.1) is 11.8 Å². The predicted molar refractivity (Wildman–Crippen MR) is 93.0 cm³/mol. The van der Waals surface area contributed by atoms with Gasteiger partial charge in [-0.1, -0.05) is 30.3 Å². The lowest BCUT2D eigenvalue weighted by Gasteiger charge is -2.12.